The van der Waals surface area contributed by atoms with Gasteiger partial charge in [0.15, 0.2) is 0 Å². The van der Waals surface area contributed by atoms with Crippen LogP contribution in [-0.2, 0) is 25.7 Å². The third kappa shape index (κ3) is 8.26. The minimum absolute atomic E-state index is 0.0659. The molecule has 234 valence electrons. The summed E-state index contributed by atoms with van der Waals surface area (Å²) in [6.45, 7) is 1.78. The predicted molar refractivity (Wildman–Crippen MR) is 161 cm³/mol. The number of amides is 6. The van der Waals surface area contributed by atoms with Crippen LogP contribution < -0.4 is 21.4 Å². The van der Waals surface area contributed by atoms with Crippen LogP contribution in [0.2, 0.25) is 0 Å². The maximum atomic E-state index is 13.3. The molecule has 6 amide bonds. The molecule has 2 aromatic carbocycles. The largest absolute Gasteiger partial charge is 0.383 e. The van der Waals surface area contributed by atoms with Gasteiger partial charge in [-0.2, -0.15) is 0 Å². The van der Waals surface area contributed by atoms with Gasteiger partial charge in [0.1, 0.15) is 6.04 Å². The van der Waals surface area contributed by atoms with Gasteiger partial charge in [-0.1, -0.05) is 31.0 Å². The first-order chi connectivity index (χ1) is 21.2. The number of carbonyl (C=O) groups is 6. The number of rotatable bonds is 15. The second-order valence-corrected chi connectivity index (χ2v) is 11.0. The van der Waals surface area contributed by atoms with Gasteiger partial charge < -0.3 is 15.5 Å². The van der Waals surface area contributed by atoms with Gasteiger partial charge in [0.05, 0.1) is 11.1 Å². The van der Waals surface area contributed by atoms with Crippen LogP contribution in [0.5, 0.6) is 0 Å². The number of likely N-dealkylation sites (N-methyl/N-ethyl adjacent to an activating group) is 1. The topological polar surface area (TPSA) is 177 Å². The maximum absolute atomic E-state index is 13.3. The number of anilines is 2. The average Bonchev–Trinajstić information content (AvgIpc) is 3.25. The molecular weight excluding hydrogens is 568 g/mol. The number of carbonyl (C=O) groups excluding carboxylic acids is 6. The Bertz CT molecular complexity index is 1410. The SMILES string of the molecule is CN(CCNc1cccc2c1C(=O)N(C1CCC(=O)NC1=O)C2=O)Cc1ccc(NC(=O)CCCCCCC(=O)NO)cc1. The van der Waals surface area contributed by atoms with Crippen molar-refractivity contribution in [2.75, 3.05) is 30.8 Å². The second-order valence-electron chi connectivity index (χ2n) is 11.0. The summed E-state index contributed by atoms with van der Waals surface area (Å²) >= 11 is 0. The fraction of sp³-hybridized carbons (Fsp3) is 0.419. The van der Waals surface area contributed by atoms with E-state index in [0.29, 0.717) is 43.9 Å². The molecule has 5 N–H and O–H groups in total. The highest BCUT2D eigenvalue weighted by Crippen LogP contribution is 2.32. The zero-order valence-electron chi connectivity index (χ0n) is 24.7. The van der Waals surface area contributed by atoms with E-state index in [1.165, 1.54) is 0 Å². The molecular formula is C31H38N6O7. The summed E-state index contributed by atoms with van der Waals surface area (Å²) in [6, 6.07) is 11.6. The first-order valence-electron chi connectivity index (χ1n) is 14.8. The highest BCUT2D eigenvalue weighted by molar-refractivity contribution is 6.25. The van der Waals surface area contributed by atoms with Crippen molar-refractivity contribution < 1.29 is 34.0 Å². The minimum atomic E-state index is -1.01. The molecule has 44 heavy (non-hydrogen) atoms. The minimum Gasteiger partial charge on any atom is -0.383 e. The molecule has 1 fully saturated rings. The molecule has 4 rings (SSSR count). The number of benzene rings is 2. The lowest BCUT2D eigenvalue weighted by molar-refractivity contribution is -0.136. The first-order valence-corrected chi connectivity index (χ1v) is 14.8. The maximum Gasteiger partial charge on any atom is 0.264 e. The zero-order chi connectivity index (χ0) is 31.6. The number of hydroxylamine groups is 1. The van der Waals surface area contributed by atoms with Crippen molar-refractivity contribution in [3.8, 4) is 0 Å². The summed E-state index contributed by atoms with van der Waals surface area (Å²) in [7, 11) is 1.96. The summed E-state index contributed by atoms with van der Waals surface area (Å²) in [5, 5.41) is 16.8. The fourth-order valence-electron chi connectivity index (χ4n) is 5.33. The number of unbranched alkanes of at least 4 members (excludes halogenated alkanes) is 3. The van der Waals surface area contributed by atoms with Crippen LogP contribution in [0.15, 0.2) is 42.5 Å². The smallest absolute Gasteiger partial charge is 0.264 e. The van der Waals surface area contributed by atoms with Crippen molar-refractivity contribution in [2.45, 2.75) is 64.0 Å². The van der Waals surface area contributed by atoms with Gasteiger partial charge in [0.2, 0.25) is 23.6 Å². The Morgan fingerprint density at radius 3 is 2.34 bits per heavy atom. The molecule has 1 atom stereocenters. The molecule has 0 aliphatic carbocycles. The van der Waals surface area contributed by atoms with E-state index in [-0.39, 0.29) is 36.3 Å². The molecule has 0 saturated carbocycles. The Morgan fingerprint density at radius 1 is 0.955 bits per heavy atom. The van der Waals surface area contributed by atoms with Crippen LogP contribution in [0, 0.1) is 0 Å². The predicted octanol–water partition coefficient (Wildman–Crippen LogP) is 2.42. The van der Waals surface area contributed by atoms with E-state index in [1.807, 2.05) is 31.3 Å². The number of hydrogen-bond donors (Lipinski definition) is 5. The van der Waals surface area contributed by atoms with Crippen LogP contribution in [0.1, 0.15) is 77.6 Å². The number of nitrogens with one attached hydrogen (secondary N) is 4. The van der Waals surface area contributed by atoms with Crippen LogP contribution in [0.4, 0.5) is 11.4 Å². The Morgan fingerprint density at radius 2 is 1.66 bits per heavy atom. The van der Waals surface area contributed by atoms with Gasteiger partial charge in [0, 0.05) is 50.3 Å². The van der Waals surface area contributed by atoms with Crippen molar-refractivity contribution in [3.05, 3.63) is 59.2 Å². The highest BCUT2D eigenvalue weighted by Gasteiger charge is 2.45. The molecule has 2 heterocycles. The lowest BCUT2D eigenvalue weighted by atomic mass is 10.0. The highest BCUT2D eigenvalue weighted by atomic mass is 16.5. The van der Waals surface area contributed by atoms with Gasteiger partial charge in [-0.05, 0) is 56.1 Å². The number of nitrogens with zero attached hydrogens (tertiary/aromatic N) is 2. The lowest BCUT2D eigenvalue weighted by Crippen LogP contribution is -2.54. The van der Waals surface area contributed by atoms with Crippen LogP contribution in [0.3, 0.4) is 0 Å². The molecule has 0 radical (unpaired) electrons. The fourth-order valence-corrected chi connectivity index (χ4v) is 5.33. The molecule has 13 nitrogen and oxygen atoms in total. The molecule has 13 heteroatoms. The zero-order valence-corrected chi connectivity index (χ0v) is 24.7. The van der Waals surface area contributed by atoms with E-state index < -0.39 is 35.6 Å². The van der Waals surface area contributed by atoms with E-state index >= 15 is 0 Å². The molecule has 0 bridgehead atoms. The van der Waals surface area contributed by atoms with Crippen molar-refractivity contribution in [1.29, 1.82) is 0 Å². The normalized spacial score (nSPS) is 16.2. The Kier molecular flexibility index (Phi) is 11.2. The standard InChI is InChI=1S/C31H38N6O7/c1-36(19-20-11-13-21(14-12-20)33-25(38)9-4-2-3-5-10-27(40)35-44)18-17-32-23-8-6-7-22-28(23)31(43)37(30(22)42)24-15-16-26(39)34-29(24)41/h6-8,11-14,24,32,44H,2-5,9-10,15-19H2,1H3,(H,33,38)(H,35,40)(H,34,39,41). The van der Waals surface area contributed by atoms with E-state index in [4.69, 9.17) is 5.21 Å². The molecule has 2 aliphatic rings. The third-order valence-electron chi connectivity index (χ3n) is 7.65. The Balaban J connectivity index is 1.20. The third-order valence-corrected chi connectivity index (χ3v) is 7.65. The van der Waals surface area contributed by atoms with Crippen molar-refractivity contribution in [1.82, 2.24) is 20.6 Å². The van der Waals surface area contributed by atoms with E-state index in [9.17, 15) is 28.8 Å². The number of fused-ring (bicyclic) bond motifs is 1. The van der Waals surface area contributed by atoms with Gasteiger partial charge in [-0.25, -0.2) is 5.48 Å². The summed E-state index contributed by atoms with van der Waals surface area (Å²) in [5.41, 5.74) is 4.35. The van der Waals surface area contributed by atoms with E-state index in [0.717, 1.165) is 29.7 Å². The van der Waals surface area contributed by atoms with Gasteiger partial charge in [0.25, 0.3) is 11.8 Å². The van der Waals surface area contributed by atoms with Crippen molar-refractivity contribution in [2.24, 2.45) is 0 Å². The molecule has 0 spiro atoms. The van der Waals surface area contributed by atoms with Gasteiger partial charge in [-0.15, -0.1) is 0 Å². The van der Waals surface area contributed by atoms with Crippen molar-refractivity contribution in [3.63, 3.8) is 0 Å². The molecule has 2 aromatic rings. The quantitative estimate of drug-likeness (QED) is 0.0882. The molecule has 1 saturated heterocycles. The van der Waals surface area contributed by atoms with Gasteiger partial charge in [-0.3, -0.25) is 44.2 Å². The number of piperidine rings is 1. The average molecular weight is 607 g/mol. The summed E-state index contributed by atoms with van der Waals surface area (Å²) < 4.78 is 0. The number of hydrogen-bond acceptors (Lipinski definition) is 9. The monoisotopic (exact) mass is 606 g/mol. The summed E-state index contributed by atoms with van der Waals surface area (Å²) in [4.78, 5) is 76.4. The van der Waals surface area contributed by atoms with Crippen LogP contribution in [-0.4, -0.2) is 76.6 Å². The first kappa shape index (κ1) is 32.3. The van der Waals surface area contributed by atoms with Crippen molar-refractivity contribution >= 4 is 46.8 Å². The Hall–Kier alpha value is -4.62. The van der Waals surface area contributed by atoms with Gasteiger partial charge >= 0.3 is 0 Å². The molecule has 0 aromatic heterocycles. The summed E-state index contributed by atoms with van der Waals surface area (Å²) in [5.74, 6) is -2.61. The Labute approximate surface area is 255 Å². The van der Waals surface area contributed by atoms with E-state index in [1.54, 1.807) is 23.7 Å². The summed E-state index contributed by atoms with van der Waals surface area (Å²) in [6.07, 6.45) is 3.86. The van der Waals surface area contributed by atoms with E-state index in [2.05, 4.69) is 20.9 Å². The molecule has 1 unspecified atom stereocenters. The van der Waals surface area contributed by atoms with Crippen LogP contribution in [0.25, 0.3) is 0 Å². The van der Waals surface area contributed by atoms with Crippen LogP contribution >= 0.6 is 0 Å². The number of imide groups is 2. The molecule has 2 aliphatic heterocycles. The second kappa shape index (κ2) is 15.2. The lowest BCUT2D eigenvalue weighted by Gasteiger charge is -2.27.